The largest absolute Gasteiger partial charge is 0.310 e. The Morgan fingerprint density at radius 3 is 2.56 bits per heavy atom. The van der Waals surface area contributed by atoms with Crippen molar-refractivity contribution in [3.63, 3.8) is 0 Å². The molecule has 2 aromatic carbocycles. The van der Waals surface area contributed by atoms with E-state index in [0.29, 0.717) is 28.8 Å². The van der Waals surface area contributed by atoms with Gasteiger partial charge in [-0.05, 0) is 67.6 Å². The zero-order chi connectivity index (χ0) is 19.3. The lowest BCUT2D eigenvalue weighted by molar-refractivity contribution is -0.119. The number of carbonyl (C=O) groups is 1. The van der Waals surface area contributed by atoms with Crippen molar-refractivity contribution in [3.05, 3.63) is 50.4 Å². The van der Waals surface area contributed by atoms with Gasteiger partial charge in [0.1, 0.15) is 4.90 Å². The molecule has 142 valence electrons. The fourth-order valence-corrected chi connectivity index (χ4v) is 5.93. The van der Waals surface area contributed by atoms with Crippen LogP contribution >= 0.6 is 31.9 Å². The van der Waals surface area contributed by atoms with Gasteiger partial charge in [0.05, 0.1) is 11.4 Å². The average molecular weight is 514 g/mol. The van der Waals surface area contributed by atoms with Crippen LogP contribution < -0.4 is 9.62 Å². The van der Waals surface area contributed by atoms with Crippen LogP contribution in [0.3, 0.4) is 0 Å². The Balaban J connectivity index is 1.77. The van der Waals surface area contributed by atoms with Crippen LogP contribution in [-0.2, 0) is 21.2 Å². The number of aryl methyl sites for hydroxylation is 1. The fraction of sp³-hybridized carbons (Fsp3) is 0.316. The molecule has 1 saturated carbocycles. The second-order valence-electron chi connectivity index (χ2n) is 6.99. The molecule has 27 heavy (non-hydrogen) atoms. The van der Waals surface area contributed by atoms with Gasteiger partial charge in [-0.15, -0.1) is 0 Å². The third-order valence-electron chi connectivity index (χ3n) is 4.91. The van der Waals surface area contributed by atoms with Crippen molar-refractivity contribution < 1.29 is 13.2 Å². The van der Waals surface area contributed by atoms with Crippen LogP contribution in [0.2, 0.25) is 0 Å². The van der Waals surface area contributed by atoms with E-state index in [1.54, 1.807) is 23.1 Å². The molecule has 2 aromatic rings. The first-order valence-corrected chi connectivity index (χ1v) is 11.8. The minimum Gasteiger partial charge on any atom is -0.310 e. The molecular formula is C19H18Br2N2O3S. The summed E-state index contributed by atoms with van der Waals surface area (Å²) < 4.78 is 30.7. The van der Waals surface area contributed by atoms with E-state index in [9.17, 15) is 13.2 Å². The molecule has 1 amide bonds. The number of benzene rings is 2. The van der Waals surface area contributed by atoms with Crippen molar-refractivity contribution >= 4 is 59.2 Å². The van der Waals surface area contributed by atoms with Crippen molar-refractivity contribution in [2.75, 3.05) is 16.2 Å². The molecule has 4 rings (SSSR count). The van der Waals surface area contributed by atoms with Gasteiger partial charge in [-0.2, -0.15) is 0 Å². The van der Waals surface area contributed by atoms with Crippen LogP contribution in [0.25, 0.3) is 0 Å². The highest BCUT2D eigenvalue weighted by Crippen LogP contribution is 2.41. The molecule has 1 aliphatic carbocycles. The molecule has 1 aliphatic heterocycles. The molecule has 0 aromatic heterocycles. The molecule has 0 saturated heterocycles. The lowest BCUT2D eigenvalue weighted by atomic mass is 10.2. The predicted octanol–water partition coefficient (Wildman–Crippen LogP) is 4.62. The highest BCUT2D eigenvalue weighted by atomic mass is 79.9. The first-order chi connectivity index (χ1) is 12.8. The maximum Gasteiger partial charge on any atom is 0.264 e. The Morgan fingerprint density at radius 1 is 1.15 bits per heavy atom. The van der Waals surface area contributed by atoms with Gasteiger partial charge < -0.3 is 4.90 Å². The zero-order valence-electron chi connectivity index (χ0n) is 14.6. The summed E-state index contributed by atoms with van der Waals surface area (Å²) in [7, 11) is -3.86. The maximum absolute atomic E-state index is 13.2. The highest BCUT2D eigenvalue weighted by Gasteiger charge is 2.39. The number of fused-ring (bicyclic) bond motifs is 1. The topological polar surface area (TPSA) is 66.5 Å². The number of sulfonamides is 1. The monoisotopic (exact) mass is 512 g/mol. The second-order valence-corrected chi connectivity index (χ2v) is 10.5. The zero-order valence-corrected chi connectivity index (χ0v) is 18.6. The Hall–Kier alpha value is -1.38. The molecule has 1 heterocycles. The number of anilines is 2. The van der Waals surface area contributed by atoms with Gasteiger partial charge in [0.25, 0.3) is 10.0 Å². The molecule has 0 radical (unpaired) electrons. The molecule has 0 bridgehead atoms. The van der Waals surface area contributed by atoms with Gasteiger partial charge in [0.2, 0.25) is 5.91 Å². The normalized spacial score (nSPS) is 16.3. The highest BCUT2D eigenvalue weighted by molar-refractivity contribution is 9.10. The average Bonchev–Trinajstić information content (AvgIpc) is 3.36. The van der Waals surface area contributed by atoms with E-state index >= 15 is 0 Å². The van der Waals surface area contributed by atoms with Gasteiger partial charge in [-0.25, -0.2) is 8.42 Å². The van der Waals surface area contributed by atoms with Crippen LogP contribution in [-0.4, -0.2) is 20.9 Å². The van der Waals surface area contributed by atoms with E-state index in [1.807, 2.05) is 19.1 Å². The van der Waals surface area contributed by atoms with Crippen molar-refractivity contribution in [2.45, 2.75) is 31.1 Å². The molecular weight excluding hydrogens is 496 g/mol. The molecule has 8 heteroatoms. The summed E-state index contributed by atoms with van der Waals surface area (Å²) in [6, 6.07) is 8.85. The first kappa shape index (κ1) is 19.0. The van der Waals surface area contributed by atoms with E-state index in [-0.39, 0.29) is 16.7 Å². The van der Waals surface area contributed by atoms with E-state index in [0.717, 1.165) is 28.4 Å². The summed E-state index contributed by atoms with van der Waals surface area (Å²) in [5.74, 6) is 0.0733. The van der Waals surface area contributed by atoms with Crippen LogP contribution in [0.1, 0.15) is 24.0 Å². The molecule has 0 atom stereocenters. The summed E-state index contributed by atoms with van der Waals surface area (Å²) in [4.78, 5) is 14.5. The summed E-state index contributed by atoms with van der Waals surface area (Å²) in [6.45, 7) is 2.37. The Kier molecular flexibility index (Phi) is 4.84. The third-order valence-corrected chi connectivity index (χ3v) is 7.24. The number of carbonyl (C=O) groups excluding carboxylic acids is 1. The summed E-state index contributed by atoms with van der Waals surface area (Å²) in [5, 5.41) is 0. The fourth-order valence-electron chi connectivity index (χ4n) is 3.39. The van der Waals surface area contributed by atoms with Crippen LogP contribution in [0.15, 0.2) is 44.2 Å². The minimum atomic E-state index is -3.86. The van der Waals surface area contributed by atoms with Gasteiger partial charge in [0, 0.05) is 21.4 Å². The molecule has 0 unspecified atom stereocenters. The lowest BCUT2D eigenvalue weighted by Crippen LogP contribution is -2.31. The van der Waals surface area contributed by atoms with Crippen LogP contribution in [0.5, 0.6) is 0 Å². The minimum absolute atomic E-state index is 0.0346. The summed E-state index contributed by atoms with van der Waals surface area (Å²) >= 11 is 6.80. The van der Waals surface area contributed by atoms with Crippen LogP contribution in [0, 0.1) is 12.8 Å². The molecule has 1 N–H and O–H groups in total. The van der Waals surface area contributed by atoms with E-state index < -0.39 is 10.0 Å². The number of hydrogen-bond donors (Lipinski definition) is 1. The molecule has 0 spiro atoms. The van der Waals surface area contributed by atoms with Crippen molar-refractivity contribution in [2.24, 2.45) is 5.92 Å². The number of nitrogens with one attached hydrogen (secondary N) is 1. The van der Waals surface area contributed by atoms with Gasteiger partial charge in [0.15, 0.2) is 0 Å². The van der Waals surface area contributed by atoms with E-state index in [2.05, 4.69) is 36.6 Å². The standard InChI is InChI=1S/C19H18Br2N2O3S/c1-11-8-14(20)4-5-16(11)22-27(25,26)17-10-15(21)9-13-6-7-23(18(13)17)19(24)12-2-3-12/h4-5,8-10,12,22H,2-3,6-7H2,1H3. The number of hydrogen-bond acceptors (Lipinski definition) is 3. The second kappa shape index (κ2) is 6.90. The van der Waals surface area contributed by atoms with Gasteiger partial charge >= 0.3 is 0 Å². The van der Waals surface area contributed by atoms with Crippen molar-refractivity contribution in [1.29, 1.82) is 0 Å². The van der Waals surface area contributed by atoms with E-state index in [4.69, 9.17) is 0 Å². The number of amides is 1. The smallest absolute Gasteiger partial charge is 0.264 e. The molecule has 5 nitrogen and oxygen atoms in total. The Labute approximate surface area is 175 Å². The van der Waals surface area contributed by atoms with Gasteiger partial charge in [-0.1, -0.05) is 31.9 Å². The van der Waals surface area contributed by atoms with Crippen molar-refractivity contribution in [1.82, 2.24) is 0 Å². The van der Waals surface area contributed by atoms with E-state index in [1.165, 1.54) is 0 Å². The molecule has 1 fully saturated rings. The summed E-state index contributed by atoms with van der Waals surface area (Å²) in [6.07, 6.45) is 2.44. The lowest BCUT2D eigenvalue weighted by Gasteiger charge is -2.21. The van der Waals surface area contributed by atoms with Crippen molar-refractivity contribution in [3.8, 4) is 0 Å². The number of nitrogens with zero attached hydrogens (tertiary/aromatic N) is 1. The number of rotatable bonds is 4. The Bertz CT molecular complexity index is 1050. The van der Waals surface area contributed by atoms with Gasteiger partial charge in [-0.3, -0.25) is 9.52 Å². The Morgan fingerprint density at radius 2 is 1.89 bits per heavy atom. The maximum atomic E-state index is 13.2. The summed E-state index contributed by atoms with van der Waals surface area (Å²) in [5.41, 5.74) is 2.74. The number of halogens is 2. The quantitative estimate of drug-likeness (QED) is 0.648. The predicted molar refractivity (Wildman–Crippen MR) is 113 cm³/mol. The SMILES string of the molecule is Cc1cc(Br)ccc1NS(=O)(=O)c1cc(Br)cc2c1N(C(=O)C1CC1)CC2. The van der Waals surface area contributed by atoms with Crippen LogP contribution in [0.4, 0.5) is 11.4 Å². The third kappa shape index (κ3) is 3.67. The first-order valence-electron chi connectivity index (χ1n) is 8.69. The molecule has 2 aliphatic rings.